The number of ether oxygens (including phenoxy) is 9. The van der Waals surface area contributed by atoms with E-state index in [1.807, 2.05) is 0 Å². The smallest absolute Gasteiger partial charge is 0.411 e. The van der Waals surface area contributed by atoms with E-state index >= 15 is 0 Å². The summed E-state index contributed by atoms with van der Waals surface area (Å²) in [6.45, 7) is -1.70. The lowest BCUT2D eigenvalue weighted by molar-refractivity contribution is -0.249. The molecule has 6 aliphatic rings. The molecule has 10 rings (SSSR count). The highest BCUT2D eigenvalue weighted by Crippen LogP contribution is 2.44. The first-order chi connectivity index (χ1) is 38.1. The molecule has 5 amide bonds. The summed E-state index contributed by atoms with van der Waals surface area (Å²) in [5.41, 5.74) is -0.222. The van der Waals surface area contributed by atoms with Crippen LogP contribution in [0.25, 0.3) is 22.3 Å². The zero-order valence-electron chi connectivity index (χ0n) is 42.9. The van der Waals surface area contributed by atoms with E-state index in [0.29, 0.717) is 44.9 Å². The predicted octanol–water partition coefficient (Wildman–Crippen LogP) is -0.0315. The van der Waals surface area contributed by atoms with Crippen LogP contribution in [0.1, 0.15) is 47.6 Å². The van der Waals surface area contributed by atoms with Crippen LogP contribution in [-0.4, -0.2) is 179 Å². The number of aromatic nitrogens is 2. The number of carboxylic acid groups (broad SMARTS) is 1. The number of cyclic esters (lactones) is 1. The van der Waals surface area contributed by atoms with Gasteiger partial charge in [-0.1, -0.05) is 13.0 Å². The second-order valence-electron chi connectivity index (χ2n) is 19.5. The number of carboxylic acids is 1. The molecule has 4 aromatic rings. The number of sulfone groups is 1. The largest absolute Gasteiger partial charge is 0.479 e. The Morgan fingerprint density at radius 1 is 0.950 bits per heavy atom. The van der Waals surface area contributed by atoms with Crippen LogP contribution in [0.4, 0.5) is 10.5 Å². The van der Waals surface area contributed by atoms with Crippen LogP contribution in [0, 0.1) is 0 Å². The molecule has 2 aromatic heterocycles. The number of fused-ring (bicyclic) bond motifs is 7. The van der Waals surface area contributed by atoms with E-state index in [4.69, 9.17) is 47.6 Å². The molecule has 28 nitrogen and oxygen atoms in total. The summed E-state index contributed by atoms with van der Waals surface area (Å²) in [6, 6.07) is 8.90. The number of pyridine rings is 2. The highest BCUT2D eigenvalue weighted by Gasteiger charge is 2.54. The van der Waals surface area contributed by atoms with Crippen LogP contribution in [-0.2, 0) is 99.0 Å². The third-order valence-electron chi connectivity index (χ3n) is 14.2. The highest BCUT2D eigenvalue weighted by atomic mass is 32.2. The molecule has 6 aliphatic heterocycles. The van der Waals surface area contributed by atoms with Crippen molar-refractivity contribution >= 4 is 68.1 Å². The minimum Gasteiger partial charge on any atom is -0.479 e. The van der Waals surface area contributed by atoms with Crippen LogP contribution in [0.2, 0.25) is 0 Å². The quantitative estimate of drug-likeness (QED) is 0.0479. The summed E-state index contributed by atoms with van der Waals surface area (Å²) in [7, 11) is -2.37. The summed E-state index contributed by atoms with van der Waals surface area (Å²) in [5, 5.41) is 35.6. The van der Waals surface area contributed by atoms with Gasteiger partial charge in [-0.15, -0.1) is 0 Å². The minimum absolute atomic E-state index is 0.0168. The van der Waals surface area contributed by atoms with E-state index in [1.165, 1.54) is 29.8 Å². The fourth-order valence-electron chi connectivity index (χ4n) is 9.92. The molecule has 80 heavy (non-hydrogen) atoms. The van der Waals surface area contributed by atoms with Gasteiger partial charge in [-0.2, -0.15) is 0 Å². The first kappa shape index (κ1) is 55.3. The van der Waals surface area contributed by atoms with E-state index in [1.54, 1.807) is 25.1 Å². The second kappa shape index (κ2) is 21.9. The number of nitrogens with zero attached hydrogens (tertiary/aromatic N) is 5. The normalized spacial score (nSPS) is 22.3. The van der Waals surface area contributed by atoms with Crippen molar-refractivity contribution in [2.75, 3.05) is 64.3 Å². The molecular weight excluding hydrogens is 1080 g/mol. The Morgan fingerprint density at radius 3 is 2.41 bits per heavy atom. The highest BCUT2D eigenvalue weighted by molar-refractivity contribution is 7.90. The molecule has 2 aromatic carbocycles. The number of carbonyl (C=O) groups excluding carboxylic acids is 6. The Hall–Kier alpha value is -8.06. The van der Waals surface area contributed by atoms with Crippen LogP contribution in [0.15, 0.2) is 53.3 Å². The number of carbonyl (C=O) groups is 7. The van der Waals surface area contributed by atoms with Crippen LogP contribution >= 0.6 is 0 Å². The zero-order chi connectivity index (χ0) is 56.9. The van der Waals surface area contributed by atoms with Crippen LogP contribution in [0.3, 0.4) is 0 Å². The second-order valence-corrected chi connectivity index (χ2v) is 21.7. The first-order valence-corrected chi connectivity index (χ1v) is 26.9. The molecule has 2 fully saturated rings. The van der Waals surface area contributed by atoms with Crippen LogP contribution < -0.4 is 25.1 Å². The molecule has 0 aliphatic carbocycles. The number of aliphatic hydroxyl groups is 2. The molecule has 424 valence electrons. The van der Waals surface area contributed by atoms with E-state index in [2.05, 4.69) is 5.32 Å². The Kier molecular flexibility index (Phi) is 15.1. The predicted molar refractivity (Wildman–Crippen MR) is 268 cm³/mol. The van der Waals surface area contributed by atoms with Gasteiger partial charge in [-0.25, -0.2) is 27.8 Å². The summed E-state index contributed by atoms with van der Waals surface area (Å²) in [6.07, 6.45) is -5.60. The van der Waals surface area contributed by atoms with E-state index in [9.17, 15) is 62.1 Å². The van der Waals surface area contributed by atoms with Gasteiger partial charge in [0.1, 0.15) is 60.6 Å². The number of imide groups is 1. The topological polar surface area (TPSA) is 354 Å². The Labute approximate surface area is 453 Å². The lowest BCUT2D eigenvalue weighted by atomic mass is 9.86. The summed E-state index contributed by atoms with van der Waals surface area (Å²) >= 11 is 0. The van der Waals surface area contributed by atoms with Gasteiger partial charge < -0.3 is 72.7 Å². The number of aliphatic hydroxyl groups excluding tert-OH is 1. The van der Waals surface area contributed by atoms with Gasteiger partial charge in [0, 0.05) is 67.5 Å². The molecule has 8 heterocycles. The molecule has 2 saturated heterocycles. The van der Waals surface area contributed by atoms with Gasteiger partial charge in [-0.05, 0) is 41.8 Å². The van der Waals surface area contributed by atoms with Gasteiger partial charge >= 0.3 is 18.0 Å². The monoisotopic (exact) mass is 1130 g/mol. The maximum absolute atomic E-state index is 14.1. The summed E-state index contributed by atoms with van der Waals surface area (Å²) in [4.78, 5) is 111. The number of esters is 1. The third kappa shape index (κ3) is 10.7. The van der Waals surface area contributed by atoms with Crippen molar-refractivity contribution in [2.45, 2.75) is 82.4 Å². The number of aliphatic carboxylic acids is 1. The fraction of sp³-hybridized carbons (Fsp3) is 0.431. The van der Waals surface area contributed by atoms with E-state index in [-0.39, 0.29) is 80.9 Å². The molecular formula is C51H52N6O22S. The van der Waals surface area contributed by atoms with Gasteiger partial charge in [0.25, 0.3) is 17.4 Å². The van der Waals surface area contributed by atoms with Crippen molar-refractivity contribution < 1.29 is 99.9 Å². The average molecular weight is 1130 g/mol. The van der Waals surface area contributed by atoms with Gasteiger partial charge in [0.15, 0.2) is 23.2 Å². The molecule has 4 N–H and O–H groups in total. The number of hydrogen-bond donors (Lipinski definition) is 4. The number of rotatable bonds is 19. The Morgan fingerprint density at radius 2 is 1.69 bits per heavy atom. The Balaban J connectivity index is 0.881. The fourth-order valence-corrected chi connectivity index (χ4v) is 10.5. The molecule has 0 spiro atoms. The molecule has 0 saturated carbocycles. The number of anilines is 1. The molecule has 0 bridgehead atoms. The van der Waals surface area contributed by atoms with Gasteiger partial charge in [0.05, 0.1) is 53.6 Å². The number of likely N-dealkylation sites (N-methyl/N-ethyl adjacent to an activating group) is 1. The van der Waals surface area contributed by atoms with Crippen molar-refractivity contribution in [1.82, 2.24) is 24.3 Å². The molecule has 6 atom stereocenters. The standard InChI is InChI=1S/C51H52N6O22S/c1-4-51(68)30-15-33-41-27(17-57(33)46(63)29(30)21-72-49(51)66)28(26-14-35-36(75-23-74-35)16-31(26)53-41)20-71-22-55(11-12-80(3,69)70)50(67)73-19-25-5-6-34(78-48-42(62)43-44(77-24-76-43)45(79-48)47(64)65)32(13-25)52-37(58)18-54(2)38(59)9-10-56-39(60)7-8-40(56)61/h5-8,13-16,42-45,48,62,68H,4,9-12,17-24H2,1-3H3,(H,52,58)(H,64,65)/t42?,43?,44-,45?,48-,51-/m0/s1. The lowest BCUT2D eigenvalue weighted by Gasteiger charge is -2.38. The van der Waals surface area contributed by atoms with Crippen molar-refractivity contribution in [3.63, 3.8) is 0 Å². The molecule has 0 radical (unpaired) electrons. The van der Waals surface area contributed by atoms with E-state index in [0.717, 1.165) is 33.1 Å². The lowest BCUT2D eigenvalue weighted by Crippen LogP contribution is -2.60. The summed E-state index contributed by atoms with van der Waals surface area (Å²) in [5.74, 6) is -4.82. The van der Waals surface area contributed by atoms with Crippen LogP contribution in [0.5, 0.6) is 17.2 Å². The number of nitrogens with one attached hydrogen (secondary N) is 1. The first-order valence-electron chi connectivity index (χ1n) is 24.9. The van der Waals surface area contributed by atoms with Crippen molar-refractivity contribution in [2.24, 2.45) is 0 Å². The number of hydrogen-bond acceptors (Lipinski definition) is 22. The van der Waals surface area contributed by atoms with Crippen molar-refractivity contribution in [3.05, 3.63) is 86.7 Å². The number of amides is 5. The van der Waals surface area contributed by atoms with Gasteiger partial charge in [-0.3, -0.25) is 33.8 Å². The Bertz CT molecular complexity index is 3460. The van der Waals surface area contributed by atoms with Crippen molar-refractivity contribution in [1.29, 1.82) is 0 Å². The molecule has 3 unspecified atom stereocenters. The number of benzene rings is 2. The maximum atomic E-state index is 14.1. The summed E-state index contributed by atoms with van der Waals surface area (Å²) < 4.78 is 77.1. The SMILES string of the molecule is CC[C@@]1(O)C(=O)OCc2c1cc1n(c2=O)Cc2c-1nc1cc3c(cc1c2COCN(CCS(C)(=O)=O)C(=O)OCc1ccc(O[C@H]2OC(C(=O)O)[C@H]4OCOC4C2O)c(NC(=O)CN(C)C(=O)CCN2C(=O)C=CC2=O)c1)OCO3. The zero-order valence-corrected chi connectivity index (χ0v) is 43.8. The maximum Gasteiger partial charge on any atom is 0.411 e. The third-order valence-corrected chi connectivity index (χ3v) is 15.2. The minimum atomic E-state index is -3.68. The average Bonchev–Trinajstić information content (AvgIpc) is 4.32. The van der Waals surface area contributed by atoms with E-state index < -0.39 is 126 Å². The molecule has 29 heteroatoms. The van der Waals surface area contributed by atoms with Gasteiger partial charge in [0.2, 0.25) is 24.9 Å². The van der Waals surface area contributed by atoms with Crippen molar-refractivity contribution in [3.8, 4) is 28.6 Å².